The molecule has 1 heterocycles. The van der Waals surface area contributed by atoms with Gasteiger partial charge in [0.05, 0.1) is 7.11 Å². The number of pyridine rings is 1. The lowest BCUT2D eigenvalue weighted by Gasteiger charge is -2.10. The van der Waals surface area contributed by atoms with Crippen molar-refractivity contribution in [1.82, 2.24) is 4.98 Å². The van der Waals surface area contributed by atoms with Gasteiger partial charge in [-0.3, -0.25) is 0 Å². The predicted molar refractivity (Wildman–Crippen MR) is 64.2 cm³/mol. The number of rotatable bonds is 4. The molecule has 0 aliphatic carbocycles. The molecule has 0 amide bonds. The average molecular weight is 263 g/mol. The van der Waals surface area contributed by atoms with E-state index in [4.69, 9.17) is 14.6 Å². The highest BCUT2D eigenvalue weighted by molar-refractivity contribution is 5.90. The number of methoxy groups -OCH3 is 1. The molecule has 0 atom stereocenters. The van der Waals surface area contributed by atoms with Gasteiger partial charge in [-0.25, -0.2) is 14.2 Å². The smallest absolute Gasteiger partial charge is 0.341 e. The first-order valence-electron chi connectivity index (χ1n) is 5.31. The summed E-state index contributed by atoms with van der Waals surface area (Å²) in [5.41, 5.74) is -0.0890. The fourth-order valence-corrected chi connectivity index (χ4v) is 1.46. The van der Waals surface area contributed by atoms with Crippen LogP contribution in [-0.2, 0) is 0 Å². The molecule has 2 aromatic rings. The molecule has 0 bridgehead atoms. The first kappa shape index (κ1) is 12.8. The summed E-state index contributed by atoms with van der Waals surface area (Å²) in [5.74, 6) is -1.39. The van der Waals surface area contributed by atoms with Crippen LogP contribution in [0.3, 0.4) is 0 Å². The van der Waals surface area contributed by atoms with Crippen LogP contribution in [0.15, 0.2) is 36.5 Å². The summed E-state index contributed by atoms with van der Waals surface area (Å²) in [6, 6.07) is 6.51. The maximum atomic E-state index is 13.0. The fraction of sp³-hybridized carbons (Fsp3) is 0.0769. The van der Waals surface area contributed by atoms with Gasteiger partial charge in [-0.05, 0) is 24.3 Å². The quantitative estimate of drug-likeness (QED) is 0.918. The van der Waals surface area contributed by atoms with Crippen LogP contribution in [-0.4, -0.2) is 23.2 Å². The molecule has 0 spiro atoms. The van der Waals surface area contributed by atoms with Crippen LogP contribution < -0.4 is 9.47 Å². The number of aromatic carboxylic acids is 1. The number of benzene rings is 1. The number of hydrogen-bond donors (Lipinski definition) is 1. The minimum Gasteiger partial charge on any atom is -0.493 e. The third kappa shape index (κ3) is 2.79. The monoisotopic (exact) mass is 263 g/mol. The number of carboxylic acids is 1. The van der Waals surface area contributed by atoms with Crippen LogP contribution in [0.2, 0.25) is 0 Å². The van der Waals surface area contributed by atoms with Crippen LogP contribution in [0.1, 0.15) is 10.4 Å². The molecule has 98 valence electrons. The third-order valence-corrected chi connectivity index (χ3v) is 2.33. The van der Waals surface area contributed by atoms with Crippen molar-refractivity contribution in [2.24, 2.45) is 0 Å². The summed E-state index contributed by atoms with van der Waals surface area (Å²) in [4.78, 5) is 14.8. The van der Waals surface area contributed by atoms with E-state index >= 15 is 0 Å². The van der Waals surface area contributed by atoms with E-state index in [0.29, 0.717) is 0 Å². The van der Waals surface area contributed by atoms with Gasteiger partial charge >= 0.3 is 5.97 Å². The van der Waals surface area contributed by atoms with Gasteiger partial charge in [0, 0.05) is 12.3 Å². The molecule has 0 aliphatic rings. The zero-order valence-electron chi connectivity index (χ0n) is 9.96. The molecule has 0 saturated carbocycles. The summed E-state index contributed by atoms with van der Waals surface area (Å²) in [6.45, 7) is 0. The molecule has 1 aromatic carbocycles. The Balaban J connectivity index is 2.39. The molecule has 6 heteroatoms. The molecular weight excluding hydrogens is 253 g/mol. The Morgan fingerprint density at radius 1 is 1.32 bits per heavy atom. The number of aromatic nitrogens is 1. The predicted octanol–water partition coefficient (Wildman–Crippen LogP) is 2.72. The normalized spacial score (nSPS) is 10.0. The maximum absolute atomic E-state index is 13.0. The van der Waals surface area contributed by atoms with Crippen molar-refractivity contribution in [3.8, 4) is 17.4 Å². The van der Waals surface area contributed by atoms with Gasteiger partial charge in [0.25, 0.3) is 0 Å². The summed E-state index contributed by atoms with van der Waals surface area (Å²) in [7, 11) is 1.36. The summed E-state index contributed by atoms with van der Waals surface area (Å²) in [6.07, 6.45) is 1.40. The van der Waals surface area contributed by atoms with E-state index in [1.165, 1.54) is 37.6 Å². The molecule has 0 saturated heterocycles. The van der Waals surface area contributed by atoms with Crippen LogP contribution in [0, 0.1) is 5.82 Å². The number of carbonyl (C=O) groups is 1. The van der Waals surface area contributed by atoms with E-state index < -0.39 is 11.8 Å². The lowest BCUT2D eigenvalue weighted by atomic mass is 10.2. The number of ether oxygens (including phenoxy) is 2. The van der Waals surface area contributed by atoms with Gasteiger partial charge < -0.3 is 14.6 Å². The highest BCUT2D eigenvalue weighted by Gasteiger charge is 2.15. The minimum atomic E-state index is -1.16. The molecular formula is C13H10FNO4. The Bertz CT molecular complexity index is 615. The molecule has 1 N–H and O–H groups in total. The lowest BCUT2D eigenvalue weighted by molar-refractivity contribution is 0.0693. The van der Waals surface area contributed by atoms with E-state index in [1.54, 1.807) is 0 Å². The Morgan fingerprint density at radius 3 is 2.79 bits per heavy atom. The van der Waals surface area contributed by atoms with E-state index in [1.807, 2.05) is 0 Å². The van der Waals surface area contributed by atoms with Crippen molar-refractivity contribution in [3.63, 3.8) is 0 Å². The van der Waals surface area contributed by atoms with Crippen LogP contribution in [0.25, 0.3) is 0 Å². The van der Waals surface area contributed by atoms with E-state index in [2.05, 4.69) is 4.98 Å². The fourth-order valence-electron chi connectivity index (χ4n) is 1.46. The van der Waals surface area contributed by atoms with E-state index in [-0.39, 0.29) is 22.9 Å². The van der Waals surface area contributed by atoms with E-state index in [9.17, 15) is 9.18 Å². The summed E-state index contributed by atoms with van der Waals surface area (Å²) >= 11 is 0. The molecule has 5 nitrogen and oxygen atoms in total. The number of halogens is 1. The Hall–Kier alpha value is -2.63. The van der Waals surface area contributed by atoms with Crippen molar-refractivity contribution in [2.45, 2.75) is 0 Å². The SMILES string of the molecule is COc1cc(F)ccc1Oc1ncccc1C(=O)O. The summed E-state index contributed by atoms with van der Waals surface area (Å²) < 4.78 is 23.4. The highest BCUT2D eigenvalue weighted by Crippen LogP contribution is 2.32. The number of nitrogens with zero attached hydrogens (tertiary/aromatic N) is 1. The molecule has 0 aliphatic heterocycles. The Kier molecular flexibility index (Phi) is 3.61. The summed E-state index contributed by atoms with van der Waals surface area (Å²) in [5, 5.41) is 9.00. The second kappa shape index (κ2) is 5.34. The van der Waals surface area contributed by atoms with Crippen molar-refractivity contribution in [3.05, 3.63) is 47.9 Å². The van der Waals surface area contributed by atoms with E-state index in [0.717, 1.165) is 6.07 Å². The highest BCUT2D eigenvalue weighted by atomic mass is 19.1. The Labute approximate surface area is 108 Å². The second-order valence-electron chi connectivity index (χ2n) is 3.56. The topological polar surface area (TPSA) is 68.7 Å². The van der Waals surface area contributed by atoms with Gasteiger partial charge in [0.1, 0.15) is 11.4 Å². The van der Waals surface area contributed by atoms with Crippen molar-refractivity contribution >= 4 is 5.97 Å². The van der Waals surface area contributed by atoms with Gasteiger partial charge in [0.15, 0.2) is 11.5 Å². The molecule has 2 rings (SSSR count). The standard InChI is InChI=1S/C13H10FNO4/c1-18-11-7-8(14)4-5-10(11)19-12-9(13(16)17)3-2-6-15-12/h2-7H,1H3,(H,16,17). The third-order valence-electron chi connectivity index (χ3n) is 2.33. The molecule has 0 radical (unpaired) electrons. The Morgan fingerprint density at radius 2 is 2.11 bits per heavy atom. The number of carboxylic acid groups (broad SMARTS) is 1. The first-order valence-corrected chi connectivity index (χ1v) is 5.31. The van der Waals surface area contributed by atoms with Gasteiger partial charge in [-0.15, -0.1) is 0 Å². The van der Waals surface area contributed by atoms with Gasteiger partial charge in [-0.2, -0.15) is 0 Å². The van der Waals surface area contributed by atoms with Crippen LogP contribution in [0.5, 0.6) is 17.4 Å². The molecule has 19 heavy (non-hydrogen) atoms. The average Bonchev–Trinajstić information content (AvgIpc) is 2.41. The zero-order chi connectivity index (χ0) is 13.8. The first-order chi connectivity index (χ1) is 9.11. The minimum absolute atomic E-state index is 0.0834. The zero-order valence-corrected chi connectivity index (χ0v) is 9.96. The molecule has 1 aromatic heterocycles. The van der Waals surface area contributed by atoms with Crippen LogP contribution in [0.4, 0.5) is 4.39 Å². The number of hydrogen-bond acceptors (Lipinski definition) is 4. The van der Waals surface area contributed by atoms with Crippen molar-refractivity contribution < 1.29 is 23.8 Å². The second-order valence-corrected chi connectivity index (χ2v) is 3.56. The largest absolute Gasteiger partial charge is 0.493 e. The maximum Gasteiger partial charge on any atom is 0.341 e. The van der Waals surface area contributed by atoms with Crippen molar-refractivity contribution in [2.75, 3.05) is 7.11 Å². The lowest BCUT2D eigenvalue weighted by Crippen LogP contribution is -2.02. The van der Waals surface area contributed by atoms with Crippen molar-refractivity contribution in [1.29, 1.82) is 0 Å². The van der Waals surface area contributed by atoms with Gasteiger partial charge in [-0.1, -0.05) is 0 Å². The molecule has 0 unspecified atom stereocenters. The molecule has 0 fully saturated rings. The van der Waals surface area contributed by atoms with Crippen LogP contribution >= 0.6 is 0 Å². The van der Waals surface area contributed by atoms with Gasteiger partial charge in [0.2, 0.25) is 5.88 Å².